The number of carbonyl (C=O) groups is 1. The van der Waals surface area contributed by atoms with Crippen LogP contribution in [0.4, 0.5) is 30.9 Å². The smallest absolute Gasteiger partial charge is 0.410 e. The molecule has 0 saturated carbocycles. The number of carbonyl (C=O) groups excluding carboxylic acids is 1. The minimum atomic E-state index is -0.705. The standard InChI is InChI=1S/C19H16F2N4O2/c20-13-7-6-12(15(21)10-13)11-23-17-9-8-16(18(22)25-17)24-19(26)27-14-4-2-1-3-5-14/h1-10H,11H2,(H,24,26)(H3,22,23,25). The van der Waals surface area contributed by atoms with Gasteiger partial charge in [0.15, 0.2) is 0 Å². The van der Waals surface area contributed by atoms with E-state index in [1.165, 1.54) is 18.2 Å². The van der Waals surface area contributed by atoms with E-state index in [0.717, 1.165) is 6.07 Å². The number of benzene rings is 2. The van der Waals surface area contributed by atoms with Crippen molar-refractivity contribution in [2.75, 3.05) is 16.4 Å². The van der Waals surface area contributed by atoms with E-state index in [-0.39, 0.29) is 23.6 Å². The summed E-state index contributed by atoms with van der Waals surface area (Å²) < 4.78 is 31.7. The van der Waals surface area contributed by atoms with Gasteiger partial charge in [-0.3, -0.25) is 5.32 Å². The topological polar surface area (TPSA) is 89.3 Å². The molecule has 1 heterocycles. The normalized spacial score (nSPS) is 10.3. The third-order valence-corrected chi connectivity index (χ3v) is 3.59. The van der Waals surface area contributed by atoms with Crippen LogP contribution in [0.25, 0.3) is 0 Å². The van der Waals surface area contributed by atoms with Gasteiger partial charge in [-0.2, -0.15) is 0 Å². The number of hydrogen-bond acceptors (Lipinski definition) is 5. The molecular weight excluding hydrogens is 354 g/mol. The van der Waals surface area contributed by atoms with Crippen molar-refractivity contribution >= 4 is 23.4 Å². The quantitative estimate of drug-likeness (QED) is 0.627. The fourth-order valence-corrected chi connectivity index (χ4v) is 2.26. The molecule has 2 aromatic carbocycles. The molecule has 1 amide bonds. The van der Waals surface area contributed by atoms with E-state index in [9.17, 15) is 13.6 Å². The van der Waals surface area contributed by atoms with Crippen LogP contribution in [0.5, 0.6) is 5.75 Å². The number of anilines is 3. The number of rotatable bonds is 5. The first-order valence-electron chi connectivity index (χ1n) is 7.99. The van der Waals surface area contributed by atoms with Crippen molar-refractivity contribution in [3.8, 4) is 5.75 Å². The fraction of sp³-hybridized carbons (Fsp3) is 0.0526. The molecule has 0 aliphatic heterocycles. The van der Waals surface area contributed by atoms with Crippen molar-refractivity contribution in [1.82, 2.24) is 4.98 Å². The van der Waals surface area contributed by atoms with Crippen LogP contribution in [-0.2, 0) is 6.54 Å². The first-order chi connectivity index (χ1) is 13.0. The number of nitrogen functional groups attached to an aromatic ring is 1. The average Bonchev–Trinajstić information content (AvgIpc) is 2.64. The second-order valence-electron chi connectivity index (χ2n) is 5.55. The maximum Gasteiger partial charge on any atom is 0.417 e. The van der Waals surface area contributed by atoms with Gasteiger partial charge in [0.25, 0.3) is 0 Å². The van der Waals surface area contributed by atoms with Crippen LogP contribution >= 0.6 is 0 Å². The zero-order valence-electron chi connectivity index (χ0n) is 14.1. The summed E-state index contributed by atoms with van der Waals surface area (Å²) in [6.07, 6.45) is -0.705. The summed E-state index contributed by atoms with van der Waals surface area (Å²) >= 11 is 0. The van der Waals surface area contributed by atoms with Crippen LogP contribution in [0.1, 0.15) is 5.56 Å². The molecule has 3 rings (SSSR count). The molecule has 0 fully saturated rings. The van der Waals surface area contributed by atoms with Gasteiger partial charge in [-0.05, 0) is 30.3 Å². The van der Waals surface area contributed by atoms with Crippen LogP contribution in [0.2, 0.25) is 0 Å². The number of pyridine rings is 1. The monoisotopic (exact) mass is 370 g/mol. The van der Waals surface area contributed by atoms with Crippen molar-refractivity contribution in [2.24, 2.45) is 0 Å². The van der Waals surface area contributed by atoms with Crippen molar-refractivity contribution in [2.45, 2.75) is 6.54 Å². The zero-order valence-corrected chi connectivity index (χ0v) is 14.1. The number of amides is 1. The summed E-state index contributed by atoms with van der Waals surface area (Å²) in [5.41, 5.74) is 6.39. The molecule has 0 aliphatic carbocycles. The summed E-state index contributed by atoms with van der Waals surface area (Å²) in [6.45, 7) is 0.0986. The Bertz CT molecular complexity index is 952. The summed E-state index contributed by atoms with van der Waals surface area (Å²) in [6, 6.07) is 15.0. The molecule has 1 aromatic heterocycles. The van der Waals surface area contributed by atoms with E-state index in [1.54, 1.807) is 36.4 Å². The Morgan fingerprint density at radius 2 is 1.85 bits per heavy atom. The van der Waals surface area contributed by atoms with Gasteiger partial charge >= 0.3 is 6.09 Å². The van der Waals surface area contributed by atoms with E-state index in [2.05, 4.69) is 15.6 Å². The molecule has 138 valence electrons. The van der Waals surface area contributed by atoms with E-state index < -0.39 is 17.7 Å². The van der Waals surface area contributed by atoms with E-state index in [0.29, 0.717) is 11.6 Å². The molecule has 4 N–H and O–H groups in total. The van der Waals surface area contributed by atoms with Gasteiger partial charge in [0.05, 0.1) is 5.69 Å². The Balaban J connectivity index is 1.60. The SMILES string of the molecule is Nc1nc(NCc2ccc(F)cc2F)ccc1NC(=O)Oc1ccccc1. The Hall–Kier alpha value is -3.68. The van der Waals surface area contributed by atoms with Gasteiger partial charge in [-0.25, -0.2) is 18.6 Å². The highest BCUT2D eigenvalue weighted by Gasteiger charge is 2.10. The van der Waals surface area contributed by atoms with E-state index >= 15 is 0 Å². The van der Waals surface area contributed by atoms with Crippen molar-refractivity contribution in [3.05, 3.63) is 77.9 Å². The number of para-hydroxylation sites is 1. The Morgan fingerprint density at radius 1 is 1.07 bits per heavy atom. The Labute approximate surface area is 154 Å². The number of nitrogens with two attached hydrogens (primary N) is 1. The number of ether oxygens (including phenoxy) is 1. The first-order valence-corrected chi connectivity index (χ1v) is 7.99. The molecule has 0 bridgehead atoms. The molecular formula is C19H16F2N4O2. The lowest BCUT2D eigenvalue weighted by atomic mass is 10.2. The second-order valence-corrected chi connectivity index (χ2v) is 5.55. The predicted octanol–water partition coefficient (Wildman–Crippen LogP) is 4.17. The lowest BCUT2D eigenvalue weighted by Gasteiger charge is -2.11. The average molecular weight is 370 g/mol. The van der Waals surface area contributed by atoms with Crippen LogP contribution < -0.4 is 21.1 Å². The highest BCUT2D eigenvalue weighted by Crippen LogP contribution is 2.20. The number of nitrogens with zero attached hydrogens (tertiary/aromatic N) is 1. The number of aromatic nitrogens is 1. The molecule has 0 unspecified atom stereocenters. The molecule has 8 heteroatoms. The van der Waals surface area contributed by atoms with Crippen LogP contribution in [0, 0.1) is 11.6 Å². The van der Waals surface area contributed by atoms with Crippen molar-refractivity contribution in [3.63, 3.8) is 0 Å². The molecule has 3 aromatic rings. The van der Waals surface area contributed by atoms with Crippen LogP contribution in [0.15, 0.2) is 60.7 Å². The molecule has 0 spiro atoms. The minimum Gasteiger partial charge on any atom is -0.410 e. The molecule has 0 aliphatic rings. The van der Waals surface area contributed by atoms with Gasteiger partial charge in [-0.1, -0.05) is 24.3 Å². The lowest BCUT2D eigenvalue weighted by molar-refractivity contribution is 0.215. The molecule has 0 atom stereocenters. The van der Waals surface area contributed by atoms with E-state index in [4.69, 9.17) is 10.5 Å². The Morgan fingerprint density at radius 3 is 2.56 bits per heavy atom. The third kappa shape index (κ3) is 4.91. The second kappa shape index (κ2) is 8.13. The third-order valence-electron chi connectivity index (χ3n) is 3.59. The van der Waals surface area contributed by atoms with Gasteiger partial charge in [0.1, 0.15) is 29.0 Å². The highest BCUT2D eigenvalue weighted by molar-refractivity contribution is 5.89. The van der Waals surface area contributed by atoms with Gasteiger partial charge in [0, 0.05) is 18.2 Å². The number of nitrogens with one attached hydrogen (secondary N) is 2. The lowest BCUT2D eigenvalue weighted by Crippen LogP contribution is -2.18. The number of halogens is 2. The maximum absolute atomic E-state index is 13.6. The van der Waals surface area contributed by atoms with E-state index in [1.807, 2.05) is 0 Å². The largest absolute Gasteiger partial charge is 0.417 e. The maximum atomic E-state index is 13.6. The summed E-state index contributed by atoms with van der Waals surface area (Å²) in [5.74, 6) is -0.474. The zero-order chi connectivity index (χ0) is 19.2. The molecule has 0 saturated heterocycles. The van der Waals surface area contributed by atoms with Crippen molar-refractivity contribution in [1.29, 1.82) is 0 Å². The summed E-state index contributed by atoms with van der Waals surface area (Å²) in [4.78, 5) is 16.0. The number of hydrogen-bond donors (Lipinski definition) is 3. The Kier molecular flexibility index (Phi) is 5.46. The van der Waals surface area contributed by atoms with Crippen molar-refractivity contribution < 1.29 is 18.3 Å². The molecule has 27 heavy (non-hydrogen) atoms. The van der Waals surface area contributed by atoms with Crippen LogP contribution in [0.3, 0.4) is 0 Å². The first kappa shape index (κ1) is 18.1. The molecule has 6 nitrogen and oxygen atoms in total. The highest BCUT2D eigenvalue weighted by atomic mass is 19.1. The fourth-order valence-electron chi connectivity index (χ4n) is 2.26. The summed E-state index contributed by atoms with van der Waals surface area (Å²) in [5, 5.41) is 5.38. The molecule has 0 radical (unpaired) electrons. The summed E-state index contributed by atoms with van der Waals surface area (Å²) in [7, 11) is 0. The van der Waals surface area contributed by atoms with Gasteiger partial charge < -0.3 is 15.8 Å². The predicted molar refractivity (Wildman–Crippen MR) is 98.4 cm³/mol. The van der Waals surface area contributed by atoms with Gasteiger partial charge in [-0.15, -0.1) is 0 Å². The minimum absolute atomic E-state index is 0.0598. The van der Waals surface area contributed by atoms with Gasteiger partial charge in [0.2, 0.25) is 0 Å². The van der Waals surface area contributed by atoms with Crippen LogP contribution in [-0.4, -0.2) is 11.1 Å².